The fourth-order valence-corrected chi connectivity index (χ4v) is 5.49. The molecule has 4 atom stereocenters. The molecule has 4 nitrogen and oxygen atoms in total. The molecule has 0 saturated heterocycles. The molecule has 0 heterocycles. The minimum absolute atomic E-state index is 0.0547. The molecule has 2 aliphatic rings. The first-order valence-electron chi connectivity index (χ1n) is 7.71. The Morgan fingerprint density at radius 3 is 2.55 bits per heavy atom. The highest BCUT2D eigenvalue weighted by molar-refractivity contribution is 9.10. The van der Waals surface area contributed by atoms with Gasteiger partial charge < -0.3 is 0 Å². The van der Waals surface area contributed by atoms with E-state index in [1.165, 1.54) is 0 Å². The molecular weight excluding hydrogens is 366 g/mol. The van der Waals surface area contributed by atoms with Crippen LogP contribution < -0.4 is 4.72 Å². The summed E-state index contributed by atoms with van der Waals surface area (Å²) in [6.45, 7) is 1.61. The summed E-state index contributed by atoms with van der Waals surface area (Å²) in [6.07, 6.45) is 3.25. The van der Waals surface area contributed by atoms with Gasteiger partial charge in [-0.05, 0) is 43.4 Å². The summed E-state index contributed by atoms with van der Waals surface area (Å²) in [5, 5.41) is 0. The van der Waals surface area contributed by atoms with Gasteiger partial charge in [-0.15, -0.1) is 0 Å². The van der Waals surface area contributed by atoms with Gasteiger partial charge >= 0.3 is 0 Å². The molecule has 120 valence electrons. The summed E-state index contributed by atoms with van der Waals surface area (Å²) in [7, 11) is -3.25. The fraction of sp³-hybridized carbons (Fsp3) is 0.562. The number of sulfonamides is 1. The Balaban J connectivity index is 1.82. The largest absolute Gasteiger partial charge is 0.298 e. The molecule has 2 saturated carbocycles. The molecule has 22 heavy (non-hydrogen) atoms. The highest BCUT2D eigenvalue weighted by Gasteiger charge is 2.50. The smallest absolute Gasteiger partial charge is 0.232 e. The molecule has 1 aromatic carbocycles. The van der Waals surface area contributed by atoms with Gasteiger partial charge in [-0.1, -0.05) is 34.5 Å². The third kappa shape index (κ3) is 2.83. The van der Waals surface area contributed by atoms with Gasteiger partial charge in [-0.25, -0.2) is 8.42 Å². The van der Waals surface area contributed by atoms with Gasteiger partial charge in [0, 0.05) is 17.5 Å². The van der Waals surface area contributed by atoms with E-state index in [2.05, 4.69) is 20.7 Å². The number of hydrogen-bond acceptors (Lipinski definition) is 3. The Labute approximate surface area is 139 Å². The number of benzene rings is 1. The second-order valence-corrected chi connectivity index (χ2v) is 9.16. The van der Waals surface area contributed by atoms with Crippen molar-refractivity contribution < 1.29 is 13.2 Å². The van der Waals surface area contributed by atoms with Crippen LogP contribution in [0.15, 0.2) is 24.3 Å². The average molecular weight is 386 g/mol. The average Bonchev–Trinajstić information content (AvgIpc) is 3.04. The molecule has 0 bridgehead atoms. The second kappa shape index (κ2) is 5.96. The molecule has 1 aromatic rings. The molecule has 0 aromatic heterocycles. The predicted octanol–water partition coefficient (Wildman–Crippen LogP) is 3.29. The normalized spacial score (nSPS) is 31.3. The van der Waals surface area contributed by atoms with Gasteiger partial charge in [0.25, 0.3) is 0 Å². The van der Waals surface area contributed by atoms with E-state index in [-0.39, 0.29) is 22.4 Å². The zero-order valence-corrected chi connectivity index (χ0v) is 14.9. The summed E-state index contributed by atoms with van der Waals surface area (Å²) in [5.41, 5.74) is 1.69. The highest BCUT2D eigenvalue weighted by atomic mass is 79.9. The minimum atomic E-state index is -3.25. The third-order valence-corrected chi connectivity index (χ3v) is 7.26. The molecule has 0 radical (unpaired) electrons. The van der Waals surface area contributed by atoms with E-state index in [1.54, 1.807) is 19.1 Å². The Hall–Kier alpha value is -0.880. The third-order valence-electron chi connectivity index (χ3n) is 4.93. The van der Waals surface area contributed by atoms with E-state index in [0.717, 1.165) is 24.8 Å². The first-order valence-corrected chi connectivity index (χ1v) is 10.3. The number of rotatable bonds is 4. The van der Waals surface area contributed by atoms with Crippen molar-refractivity contribution >= 4 is 37.4 Å². The van der Waals surface area contributed by atoms with Crippen LogP contribution in [0.25, 0.3) is 0 Å². The maximum Gasteiger partial charge on any atom is 0.232 e. The molecular formula is C16H20BrNO3S. The number of fused-ring (bicyclic) bond motifs is 1. The van der Waals surface area contributed by atoms with Gasteiger partial charge in [-0.3, -0.25) is 9.52 Å². The Bertz CT molecular complexity index is 671. The van der Waals surface area contributed by atoms with Crippen LogP contribution in [0.5, 0.6) is 0 Å². The fourth-order valence-electron chi connectivity index (χ4n) is 3.81. The molecule has 2 aliphatic carbocycles. The van der Waals surface area contributed by atoms with E-state index in [4.69, 9.17) is 0 Å². The molecule has 0 aliphatic heterocycles. The van der Waals surface area contributed by atoms with Crippen LogP contribution in [0, 0.1) is 11.8 Å². The van der Waals surface area contributed by atoms with Crippen molar-refractivity contribution in [3.63, 3.8) is 0 Å². The second-order valence-electron chi connectivity index (χ2n) is 6.16. The van der Waals surface area contributed by atoms with Crippen LogP contribution in [-0.2, 0) is 14.8 Å². The van der Waals surface area contributed by atoms with Crippen LogP contribution in [0.4, 0.5) is 5.69 Å². The molecule has 4 unspecified atom stereocenters. The van der Waals surface area contributed by atoms with Crippen LogP contribution in [-0.4, -0.2) is 24.8 Å². The summed E-state index contributed by atoms with van der Waals surface area (Å²) >= 11 is 3.58. The van der Waals surface area contributed by atoms with E-state index < -0.39 is 10.0 Å². The number of nitrogens with one attached hydrogen (secondary N) is 1. The Kier molecular flexibility index (Phi) is 4.34. The topological polar surface area (TPSA) is 63.2 Å². The summed E-state index contributed by atoms with van der Waals surface area (Å²) < 4.78 is 25.7. The van der Waals surface area contributed by atoms with Crippen LogP contribution in [0.2, 0.25) is 0 Å². The van der Waals surface area contributed by atoms with Crippen molar-refractivity contribution in [3.8, 4) is 0 Å². The van der Waals surface area contributed by atoms with Crippen LogP contribution >= 0.6 is 15.9 Å². The van der Waals surface area contributed by atoms with Crippen molar-refractivity contribution in [1.82, 2.24) is 0 Å². The number of anilines is 1. The lowest BCUT2D eigenvalue weighted by atomic mass is 9.86. The monoisotopic (exact) mass is 385 g/mol. The molecule has 1 N–H and O–H groups in total. The standard InChI is InChI=1S/C16H20BrNO3S/c1-2-22(20,21)18-11-8-6-10(7-9-11)14-12-4-3-5-13(12)16(19)15(14)17/h6-9,12-15,18H,2-5H2,1H3. The number of alkyl halides is 1. The summed E-state index contributed by atoms with van der Waals surface area (Å²) in [5.74, 6) is 1.22. The number of halogens is 1. The van der Waals surface area contributed by atoms with E-state index in [0.29, 0.717) is 17.4 Å². The first kappa shape index (κ1) is 16.0. The van der Waals surface area contributed by atoms with Crippen LogP contribution in [0.1, 0.15) is 37.7 Å². The van der Waals surface area contributed by atoms with Gasteiger partial charge in [0.15, 0.2) is 0 Å². The lowest BCUT2D eigenvalue weighted by Crippen LogP contribution is -2.17. The lowest BCUT2D eigenvalue weighted by Gasteiger charge is -2.20. The van der Waals surface area contributed by atoms with Crippen molar-refractivity contribution in [2.75, 3.05) is 10.5 Å². The van der Waals surface area contributed by atoms with Crippen molar-refractivity contribution in [2.24, 2.45) is 11.8 Å². The highest BCUT2D eigenvalue weighted by Crippen LogP contribution is 2.52. The number of ketones is 1. The maximum absolute atomic E-state index is 12.3. The van der Waals surface area contributed by atoms with E-state index in [1.807, 2.05) is 12.1 Å². The van der Waals surface area contributed by atoms with Crippen molar-refractivity contribution in [3.05, 3.63) is 29.8 Å². The van der Waals surface area contributed by atoms with Crippen LogP contribution in [0.3, 0.4) is 0 Å². The van der Waals surface area contributed by atoms with E-state index >= 15 is 0 Å². The lowest BCUT2D eigenvalue weighted by molar-refractivity contribution is -0.120. The van der Waals surface area contributed by atoms with Crippen molar-refractivity contribution in [2.45, 2.75) is 36.9 Å². The summed E-state index contributed by atoms with van der Waals surface area (Å²) in [6, 6.07) is 7.46. The predicted molar refractivity (Wildman–Crippen MR) is 90.8 cm³/mol. The number of hydrogen-bond donors (Lipinski definition) is 1. The molecule has 2 fully saturated rings. The number of Topliss-reactive ketones (excluding diaryl/α,β-unsaturated/α-hetero) is 1. The molecule has 3 rings (SSSR count). The zero-order chi connectivity index (χ0) is 15.9. The minimum Gasteiger partial charge on any atom is -0.298 e. The van der Waals surface area contributed by atoms with E-state index in [9.17, 15) is 13.2 Å². The maximum atomic E-state index is 12.3. The zero-order valence-electron chi connectivity index (χ0n) is 12.5. The first-order chi connectivity index (χ1) is 10.4. The SMILES string of the molecule is CCS(=O)(=O)Nc1ccc(C2C(Br)C(=O)C3CCCC32)cc1. The quantitative estimate of drug-likeness (QED) is 0.808. The summed E-state index contributed by atoms with van der Waals surface area (Å²) in [4.78, 5) is 12.2. The van der Waals surface area contributed by atoms with Gasteiger partial charge in [-0.2, -0.15) is 0 Å². The Morgan fingerprint density at radius 1 is 1.23 bits per heavy atom. The molecule has 6 heteroatoms. The molecule has 0 amide bonds. The number of carbonyl (C=O) groups excluding carboxylic acids is 1. The van der Waals surface area contributed by atoms with Crippen molar-refractivity contribution in [1.29, 1.82) is 0 Å². The molecule has 0 spiro atoms. The van der Waals surface area contributed by atoms with Gasteiger partial charge in [0.2, 0.25) is 10.0 Å². The number of carbonyl (C=O) groups is 1. The Morgan fingerprint density at radius 2 is 1.91 bits per heavy atom. The van der Waals surface area contributed by atoms with Gasteiger partial charge in [0.05, 0.1) is 10.6 Å². The van der Waals surface area contributed by atoms with Gasteiger partial charge in [0.1, 0.15) is 5.78 Å².